The van der Waals surface area contributed by atoms with Crippen LogP contribution in [0.1, 0.15) is 20.3 Å². The minimum Gasteiger partial charge on any atom is -0.466 e. The Kier molecular flexibility index (Phi) is 24.8. The summed E-state index contributed by atoms with van der Waals surface area (Å²) in [6.45, 7) is 13.6. The molecule has 0 saturated heterocycles. The molecule has 11 nitrogen and oxygen atoms in total. The third-order valence-corrected chi connectivity index (χ3v) is 3.80. The summed E-state index contributed by atoms with van der Waals surface area (Å²) in [5.41, 5.74) is 0.368. The molecule has 0 N–H and O–H groups in total. The predicted molar refractivity (Wildman–Crippen MR) is 123 cm³/mol. The lowest BCUT2D eigenvalue weighted by atomic mass is 10.4. The summed E-state index contributed by atoms with van der Waals surface area (Å²) in [7, 11) is 0. The number of carbonyl (C=O) groups excluding carboxylic acids is 2. The van der Waals surface area contributed by atoms with E-state index in [4.69, 9.17) is 42.6 Å². The second-order valence-corrected chi connectivity index (χ2v) is 6.76. The van der Waals surface area contributed by atoms with Crippen LogP contribution in [0.3, 0.4) is 0 Å². The average Bonchev–Trinajstić information content (AvgIpc) is 2.81. The number of carbonyl (C=O) groups is 2. The molecule has 0 aliphatic rings. The zero-order valence-electron chi connectivity index (χ0n) is 20.7. The summed E-state index contributed by atoms with van der Waals surface area (Å²) in [6, 6.07) is 0. The van der Waals surface area contributed by atoms with E-state index >= 15 is 0 Å². The summed E-state index contributed by atoms with van der Waals surface area (Å²) in [5, 5.41) is 0. The van der Waals surface area contributed by atoms with Crippen molar-refractivity contribution >= 4 is 11.9 Å². The second-order valence-electron chi connectivity index (χ2n) is 6.76. The van der Waals surface area contributed by atoms with Crippen molar-refractivity contribution in [3.63, 3.8) is 0 Å². The summed E-state index contributed by atoms with van der Waals surface area (Å²) in [5.74, 6) is -0.669. The summed E-state index contributed by atoms with van der Waals surface area (Å²) < 4.78 is 47.2. The highest BCUT2D eigenvalue weighted by Gasteiger charge is 2.02. The van der Waals surface area contributed by atoms with Crippen molar-refractivity contribution in [2.75, 3.05) is 106 Å². The molecule has 0 aromatic heterocycles. The van der Waals surface area contributed by atoms with E-state index in [0.717, 1.165) is 0 Å². The Balaban J connectivity index is 3.09. The van der Waals surface area contributed by atoms with Crippen molar-refractivity contribution in [2.45, 2.75) is 20.3 Å². The molecular weight excluding hydrogens is 452 g/mol. The van der Waals surface area contributed by atoms with Crippen molar-refractivity contribution in [3.05, 3.63) is 12.2 Å². The summed E-state index contributed by atoms with van der Waals surface area (Å²) >= 11 is 0. The van der Waals surface area contributed by atoms with Gasteiger partial charge in [-0.15, -0.1) is 0 Å². The zero-order chi connectivity index (χ0) is 25.1. The maximum atomic E-state index is 11.1. The minimum atomic E-state index is -0.415. The Morgan fingerprint density at radius 1 is 0.529 bits per heavy atom. The highest BCUT2D eigenvalue weighted by molar-refractivity contribution is 5.86. The van der Waals surface area contributed by atoms with Crippen molar-refractivity contribution in [1.29, 1.82) is 0 Å². The molecule has 200 valence electrons. The molecule has 0 aromatic rings. The van der Waals surface area contributed by atoms with Gasteiger partial charge in [0.15, 0.2) is 0 Å². The van der Waals surface area contributed by atoms with Gasteiger partial charge in [0.1, 0.15) is 6.61 Å². The van der Waals surface area contributed by atoms with Crippen LogP contribution in [0, 0.1) is 0 Å². The van der Waals surface area contributed by atoms with Crippen LogP contribution in [0.4, 0.5) is 0 Å². The van der Waals surface area contributed by atoms with Gasteiger partial charge in [-0.25, -0.2) is 4.79 Å². The van der Waals surface area contributed by atoms with E-state index in [9.17, 15) is 9.59 Å². The lowest BCUT2D eigenvalue weighted by molar-refractivity contribution is -0.144. The lowest BCUT2D eigenvalue weighted by Gasteiger charge is -2.08. The van der Waals surface area contributed by atoms with Gasteiger partial charge in [0.05, 0.1) is 106 Å². The fraction of sp³-hybridized carbons (Fsp3) is 0.826. The van der Waals surface area contributed by atoms with Crippen molar-refractivity contribution in [3.8, 4) is 0 Å². The molecule has 0 atom stereocenters. The number of hydrogen-bond donors (Lipinski definition) is 0. The largest absolute Gasteiger partial charge is 0.466 e. The van der Waals surface area contributed by atoms with Crippen molar-refractivity contribution in [2.24, 2.45) is 0 Å². The van der Waals surface area contributed by atoms with E-state index in [-0.39, 0.29) is 19.0 Å². The summed E-state index contributed by atoms with van der Waals surface area (Å²) in [6.07, 6.45) is 0.254. The Morgan fingerprint density at radius 3 is 1.18 bits per heavy atom. The molecule has 0 unspecified atom stereocenters. The molecule has 0 heterocycles. The van der Waals surface area contributed by atoms with Crippen LogP contribution in [-0.4, -0.2) is 118 Å². The van der Waals surface area contributed by atoms with Gasteiger partial charge in [0.25, 0.3) is 0 Å². The molecule has 34 heavy (non-hydrogen) atoms. The van der Waals surface area contributed by atoms with Gasteiger partial charge in [0, 0.05) is 5.57 Å². The van der Waals surface area contributed by atoms with Gasteiger partial charge in [0.2, 0.25) is 0 Å². The fourth-order valence-electron chi connectivity index (χ4n) is 2.13. The third kappa shape index (κ3) is 25.0. The number of hydrogen-bond acceptors (Lipinski definition) is 11. The highest BCUT2D eigenvalue weighted by Crippen LogP contribution is 1.92. The van der Waals surface area contributed by atoms with Gasteiger partial charge in [-0.05, 0) is 13.8 Å². The first-order valence-corrected chi connectivity index (χ1v) is 11.6. The molecule has 0 aromatic carbocycles. The van der Waals surface area contributed by atoms with E-state index < -0.39 is 5.97 Å². The molecule has 11 heteroatoms. The molecule has 0 spiro atoms. The quantitative estimate of drug-likeness (QED) is 0.0980. The minimum absolute atomic E-state index is 0.198. The third-order valence-electron chi connectivity index (χ3n) is 3.80. The van der Waals surface area contributed by atoms with Gasteiger partial charge in [-0.3, -0.25) is 4.79 Å². The van der Waals surface area contributed by atoms with E-state index in [1.165, 1.54) is 0 Å². The maximum absolute atomic E-state index is 11.1. The normalized spacial score (nSPS) is 10.9. The number of ether oxygens (including phenoxy) is 9. The molecule has 0 fully saturated rings. The topological polar surface area (TPSA) is 117 Å². The number of rotatable bonds is 26. The SMILES string of the molecule is C=C(C)C(=O)OCCOCCOCCOCCOCCOCCOCCOCCC(=O)OCC. The van der Waals surface area contributed by atoms with Crippen LogP contribution in [0.2, 0.25) is 0 Å². The van der Waals surface area contributed by atoms with E-state index in [1.54, 1.807) is 13.8 Å². The van der Waals surface area contributed by atoms with Crippen LogP contribution in [0.25, 0.3) is 0 Å². The lowest BCUT2D eigenvalue weighted by Crippen LogP contribution is -2.15. The Labute approximate surface area is 202 Å². The Hall–Kier alpha value is -1.60. The standard InChI is InChI=1S/C23H42O11/c1-4-33-22(24)5-6-26-7-8-27-9-10-28-11-12-29-13-14-30-15-16-31-17-18-32-19-20-34-23(25)21(2)3/h2,4-20H2,1,3H3. The first-order valence-electron chi connectivity index (χ1n) is 11.6. The smallest absolute Gasteiger partial charge is 0.333 e. The molecular formula is C23H42O11. The predicted octanol–water partition coefficient (Wildman–Crippen LogP) is 1.18. The zero-order valence-corrected chi connectivity index (χ0v) is 20.7. The fourth-order valence-corrected chi connectivity index (χ4v) is 2.13. The summed E-state index contributed by atoms with van der Waals surface area (Å²) in [4.78, 5) is 22.2. The monoisotopic (exact) mass is 494 g/mol. The van der Waals surface area contributed by atoms with Crippen LogP contribution in [0.5, 0.6) is 0 Å². The van der Waals surface area contributed by atoms with Gasteiger partial charge < -0.3 is 42.6 Å². The Bertz CT molecular complexity index is 499. The Morgan fingerprint density at radius 2 is 0.853 bits per heavy atom. The molecule has 0 aliphatic carbocycles. The van der Waals surface area contributed by atoms with E-state index in [1.807, 2.05) is 0 Å². The van der Waals surface area contributed by atoms with E-state index in [0.29, 0.717) is 105 Å². The van der Waals surface area contributed by atoms with Crippen molar-refractivity contribution in [1.82, 2.24) is 0 Å². The van der Waals surface area contributed by atoms with Gasteiger partial charge in [-0.1, -0.05) is 6.58 Å². The van der Waals surface area contributed by atoms with Gasteiger partial charge in [-0.2, -0.15) is 0 Å². The first-order chi connectivity index (χ1) is 16.6. The average molecular weight is 495 g/mol. The second kappa shape index (κ2) is 26.0. The molecule has 0 radical (unpaired) electrons. The highest BCUT2D eigenvalue weighted by atomic mass is 16.6. The molecule has 0 aliphatic heterocycles. The van der Waals surface area contributed by atoms with Crippen LogP contribution < -0.4 is 0 Å². The van der Waals surface area contributed by atoms with Crippen LogP contribution in [-0.2, 0) is 52.2 Å². The molecule has 0 saturated carbocycles. The van der Waals surface area contributed by atoms with Crippen LogP contribution >= 0.6 is 0 Å². The van der Waals surface area contributed by atoms with Crippen molar-refractivity contribution < 1.29 is 52.2 Å². The molecule has 0 bridgehead atoms. The van der Waals surface area contributed by atoms with Gasteiger partial charge >= 0.3 is 11.9 Å². The van der Waals surface area contributed by atoms with E-state index in [2.05, 4.69) is 6.58 Å². The maximum Gasteiger partial charge on any atom is 0.333 e. The molecule has 0 rings (SSSR count). The van der Waals surface area contributed by atoms with Crippen LogP contribution in [0.15, 0.2) is 12.2 Å². The molecule has 0 amide bonds. The first kappa shape index (κ1) is 32.4. The number of esters is 2.